The standard InChI is InChI=1S/C14H15P/c1-2-7-13(8-3-1)15-11-10-12-6-4-5-9-14(12)15/h1-3,7-8,10-11H,4-6,9H2. The molecule has 0 nitrogen and oxygen atoms in total. The Morgan fingerprint density at radius 3 is 2.53 bits per heavy atom. The molecule has 0 aliphatic heterocycles. The minimum Gasteiger partial charge on any atom is -0.0898 e. The van der Waals surface area contributed by atoms with E-state index in [1.807, 2.05) is 0 Å². The molecule has 1 aromatic heterocycles. The van der Waals surface area contributed by atoms with E-state index >= 15 is 0 Å². The summed E-state index contributed by atoms with van der Waals surface area (Å²) >= 11 is 0. The molecule has 15 heavy (non-hydrogen) atoms. The van der Waals surface area contributed by atoms with Crippen LogP contribution in [0.1, 0.15) is 23.7 Å². The van der Waals surface area contributed by atoms with Gasteiger partial charge in [0.2, 0.25) is 0 Å². The molecule has 0 N–H and O–H groups in total. The summed E-state index contributed by atoms with van der Waals surface area (Å²) in [5.74, 6) is 2.45. The second-order valence-electron chi connectivity index (χ2n) is 4.20. The number of hydrogen-bond acceptors (Lipinski definition) is 0. The monoisotopic (exact) mass is 214 g/mol. The van der Waals surface area contributed by atoms with Crippen LogP contribution in [0.3, 0.4) is 0 Å². The predicted octanol–water partition coefficient (Wildman–Crippen LogP) is 4.54. The summed E-state index contributed by atoms with van der Waals surface area (Å²) in [5.41, 5.74) is 1.65. The largest absolute Gasteiger partial charge is 0.0898 e. The van der Waals surface area contributed by atoms with Crippen molar-refractivity contribution in [2.75, 3.05) is 0 Å². The summed E-state index contributed by atoms with van der Waals surface area (Å²) in [6, 6.07) is 13.4. The average Bonchev–Trinajstić information content (AvgIpc) is 2.74. The molecule has 2 aromatic rings. The quantitative estimate of drug-likeness (QED) is 0.653. The van der Waals surface area contributed by atoms with Crippen LogP contribution in [0.5, 0.6) is 0 Å². The van der Waals surface area contributed by atoms with Gasteiger partial charge in [0, 0.05) is 0 Å². The van der Waals surface area contributed by atoms with Crippen molar-refractivity contribution < 1.29 is 0 Å². The molecule has 0 saturated carbocycles. The molecule has 0 spiro atoms. The summed E-state index contributed by atoms with van der Waals surface area (Å²) < 4.78 is 0. The van der Waals surface area contributed by atoms with Crippen molar-refractivity contribution in [2.24, 2.45) is 0 Å². The maximum Gasteiger partial charge on any atom is -0.00193 e. The molecule has 0 amide bonds. The molecular weight excluding hydrogens is 199 g/mol. The van der Waals surface area contributed by atoms with Crippen LogP contribution in [0, 0.1) is 0 Å². The van der Waals surface area contributed by atoms with Gasteiger partial charge in [0.15, 0.2) is 0 Å². The Hall–Kier alpha value is -1.00. The van der Waals surface area contributed by atoms with E-state index in [2.05, 4.69) is 42.2 Å². The molecule has 1 heteroatoms. The lowest BCUT2D eigenvalue weighted by atomic mass is 10.00. The van der Waals surface area contributed by atoms with Crippen molar-refractivity contribution in [3.05, 3.63) is 53.1 Å². The van der Waals surface area contributed by atoms with Crippen molar-refractivity contribution in [3.8, 4) is 5.30 Å². The summed E-state index contributed by atoms with van der Waals surface area (Å²) in [6.45, 7) is 0. The third kappa shape index (κ3) is 1.64. The maximum absolute atomic E-state index is 2.45. The van der Waals surface area contributed by atoms with Gasteiger partial charge in [-0.05, 0) is 47.6 Å². The zero-order valence-corrected chi connectivity index (χ0v) is 9.71. The van der Waals surface area contributed by atoms with Gasteiger partial charge in [-0.25, -0.2) is 0 Å². The summed E-state index contributed by atoms with van der Waals surface area (Å²) in [4.78, 5) is 0. The van der Waals surface area contributed by atoms with Gasteiger partial charge in [-0.2, -0.15) is 0 Å². The number of rotatable bonds is 1. The van der Waals surface area contributed by atoms with Crippen molar-refractivity contribution in [2.45, 2.75) is 25.7 Å². The Morgan fingerprint density at radius 1 is 0.867 bits per heavy atom. The minimum atomic E-state index is -0.0986. The first-order valence-corrected chi connectivity index (χ1v) is 7.11. The Labute approximate surface area is 92.0 Å². The van der Waals surface area contributed by atoms with Crippen LogP contribution in [-0.2, 0) is 12.8 Å². The second-order valence-corrected chi connectivity index (χ2v) is 6.29. The van der Waals surface area contributed by atoms with E-state index in [1.54, 1.807) is 10.9 Å². The van der Waals surface area contributed by atoms with Crippen LogP contribution >= 0.6 is 7.53 Å². The molecule has 1 aliphatic carbocycles. The minimum absolute atomic E-state index is 0.0986. The van der Waals surface area contributed by atoms with Gasteiger partial charge in [0.1, 0.15) is 0 Å². The van der Waals surface area contributed by atoms with E-state index in [9.17, 15) is 0 Å². The Morgan fingerprint density at radius 2 is 1.67 bits per heavy atom. The van der Waals surface area contributed by atoms with Gasteiger partial charge >= 0.3 is 0 Å². The smallest absolute Gasteiger partial charge is 0.00193 e. The van der Waals surface area contributed by atoms with E-state index in [-0.39, 0.29) is 7.53 Å². The molecule has 1 aliphatic rings. The van der Waals surface area contributed by atoms with Crippen LogP contribution in [0.4, 0.5) is 0 Å². The fourth-order valence-corrected chi connectivity index (χ4v) is 4.83. The lowest BCUT2D eigenvalue weighted by molar-refractivity contribution is 0.697. The van der Waals surface area contributed by atoms with E-state index in [0.717, 1.165) is 0 Å². The molecule has 0 fully saturated rings. The van der Waals surface area contributed by atoms with Gasteiger partial charge in [-0.15, -0.1) is 0 Å². The van der Waals surface area contributed by atoms with E-state index in [1.165, 1.54) is 31.0 Å². The molecule has 1 aromatic carbocycles. The Bertz CT molecular complexity index is 453. The number of hydrogen-bond donors (Lipinski definition) is 0. The van der Waals surface area contributed by atoms with Crippen LogP contribution in [-0.4, -0.2) is 0 Å². The third-order valence-electron chi connectivity index (χ3n) is 3.23. The first-order chi connectivity index (χ1) is 7.45. The van der Waals surface area contributed by atoms with Crippen LogP contribution in [0.2, 0.25) is 0 Å². The highest BCUT2D eigenvalue weighted by atomic mass is 31.1. The first kappa shape index (κ1) is 9.24. The molecule has 0 bridgehead atoms. The van der Waals surface area contributed by atoms with Crippen molar-refractivity contribution in [1.29, 1.82) is 0 Å². The van der Waals surface area contributed by atoms with Gasteiger partial charge in [0.05, 0.1) is 0 Å². The van der Waals surface area contributed by atoms with Gasteiger partial charge in [-0.3, -0.25) is 0 Å². The predicted molar refractivity (Wildman–Crippen MR) is 67.1 cm³/mol. The summed E-state index contributed by atoms with van der Waals surface area (Å²) in [5, 5.41) is 3.28. The molecule has 0 saturated heterocycles. The molecule has 1 heterocycles. The number of fused-ring (bicyclic) bond motifs is 1. The Kier molecular flexibility index (Phi) is 2.38. The lowest BCUT2D eigenvalue weighted by Gasteiger charge is -2.14. The molecule has 3 rings (SSSR count). The average molecular weight is 214 g/mol. The highest BCUT2D eigenvalue weighted by Crippen LogP contribution is 2.47. The van der Waals surface area contributed by atoms with E-state index in [0.29, 0.717) is 0 Å². The van der Waals surface area contributed by atoms with Gasteiger partial charge in [-0.1, -0.05) is 43.9 Å². The highest BCUT2D eigenvalue weighted by molar-refractivity contribution is 7.57. The molecule has 76 valence electrons. The van der Waals surface area contributed by atoms with Crippen LogP contribution < -0.4 is 0 Å². The number of aryl methyl sites for hydroxylation is 1. The molecule has 1 unspecified atom stereocenters. The van der Waals surface area contributed by atoms with E-state index < -0.39 is 0 Å². The lowest BCUT2D eigenvalue weighted by Crippen LogP contribution is -1.97. The maximum atomic E-state index is 2.45. The highest BCUT2D eigenvalue weighted by Gasteiger charge is 2.14. The van der Waals surface area contributed by atoms with Crippen LogP contribution in [0.15, 0.2) is 42.2 Å². The van der Waals surface area contributed by atoms with E-state index in [4.69, 9.17) is 0 Å². The first-order valence-electron chi connectivity index (χ1n) is 5.70. The van der Waals surface area contributed by atoms with Crippen molar-refractivity contribution in [3.63, 3.8) is 0 Å². The zero-order valence-electron chi connectivity index (χ0n) is 8.82. The zero-order chi connectivity index (χ0) is 10.1. The van der Waals surface area contributed by atoms with Gasteiger partial charge in [0.25, 0.3) is 0 Å². The molecule has 0 radical (unpaired) electrons. The number of benzene rings is 1. The Balaban J connectivity index is 2.09. The van der Waals surface area contributed by atoms with Gasteiger partial charge < -0.3 is 0 Å². The molecular formula is C14H15P. The summed E-state index contributed by atoms with van der Waals surface area (Å²) in [6.07, 6.45) is 5.44. The normalized spacial score (nSPS) is 16.1. The van der Waals surface area contributed by atoms with Crippen molar-refractivity contribution in [1.82, 2.24) is 0 Å². The second kappa shape index (κ2) is 3.87. The summed E-state index contributed by atoms with van der Waals surface area (Å²) in [7, 11) is -0.0986. The fourth-order valence-electron chi connectivity index (χ4n) is 2.45. The third-order valence-corrected chi connectivity index (χ3v) is 5.62. The SMILES string of the molecule is c1ccc(-p2ccc3c2CCCC3)cc1. The molecule has 1 atom stereocenters. The fraction of sp³-hybridized carbons (Fsp3) is 0.286. The topological polar surface area (TPSA) is 0 Å². The van der Waals surface area contributed by atoms with Crippen LogP contribution in [0.25, 0.3) is 5.30 Å². The van der Waals surface area contributed by atoms with Crippen molar-refractivity contribution >= 4 is 7.53 Å².